The van der Waals surface area contributed by atoms with Gasteiger partial charge in [-0.15, -0.1) is 11.3 Å². The van der Waals surface area contributed by atoms with Crippen LogP contribution in [0.1, 0.15) is 20.8 Å². The number of hydrogen-bond donors (Lipinski definition) is 1. The summed E-state index contributed by atoms with van der Waals surface area (Å²) in [4.78, 5) is 13.0. The Bertz CT molecular complexity index is 652. The Morgan fingerprint density at radius 2 is 2.25 bits per heavy atom. The van der Waals surface area contributed by atoms with Crippen molar-refractivity contribution in [1.82, 2.24) is 5.43 Å². The number of ether oxygens (including phenoxy) is 1. The minimum atomic E-state index is -0.366. The van der Waals surface area contributed by atoms with Crippen molar-refractivity contribution in [2.45, 2.75) is 6.92 Å². The van der Waals surface area contributed by atoms with Crippen LogP contribution in [-0.4, -0.2) is 19.2 Å². The van der Waals surface area contributed by atoms with Crippen LogP contribution in [0.3, 0.4) is 0 Å². The molecule has 0 unspecified atom stereocenters. The molecule has 20 heavy (non-hydrogen) atoms. The lowest BCUT2D eigenvalue weighted by molar-refractivity contribution is 0.0952. The number of benzene rings is 1. The van der Waals surface area contributed by atoms with Crippen molar-refractivity contribution >= 4 is 35.1 Å². The van der Waals surface area contributed by atoms with Gasteiger partial charge in [0.25, 0.3) is 5.91 Å². The largest absolute Gasteiger partial charge is 0.496 e. The molecule has 1 aromatic carbocycles. The van der Waals surface area contributed by atoms with E-state index in [1.165, 1.54) is 7.11 Å². The van der Waals surface area contributed by atoms with Gasteiger partial charge in [-0.05, 0) is 42.1 Å². The first kappa shape index (κ1) is 14.6. The number of carbonyl (C=O) groups excluding carboxylic acids is 1. The van der Waals surface area contributed by atoms with E-state index in [-0.39, 0.29) is 5.91 Å². The molecule has 2 aromatic rings. The summed E-state index contributed by atoms with van der Waals surface area (Å²) in [6, 6.07) is 6.84. The minimum Gasteiger partial charge on any atom is -0.496 e. The fourth-order valence-electron chi connectivity index (χ4n) is 1.58. The average Bonchev–Trinajstić information content (AvgIpc) is 2.84. The third-order valence-electron chi connectivity index (χ3n) is 2.66. The van der Waals surface area contributed by atoms with Crippen molar-refractivity contribution in [2.75, 3.05) is 7.11 Å². The molecule has 0 atom stereocenters. The number of methoxy groups -OCH3 is 1. The number of hydrazone groups is 1. The van der Waals surface area contributed by atoms with Gasteiger partial charge in [-0.25, -0.2) is 5.43 Å². The van der Waals surface area contributed by atoms with Gasteiger partial charge in [0.15, 0.2) is 0 Å². The number of nitrogens with zero attached hydrogens (tertiary/aromatic N) is 1. The average molecular weight is 309 g/mol. The topological polar surface area (TPSA) is 50.7 Å². The van der Waals surface area contributed by atoms with Crippen LogP contribution in [-0.2, 0) is 0 Å². The number of amides is 1. The van der Waals surface area contributed by atoms with Crippen LogP contribution >= 0.6 is 22.9 Å². The molecule has 1 N–H and O–H groups in total. The van der Waals surface area contributed by atoms with Gasteiger partial charge in [0, 0.05) is 9.90 Å². The van der Waals surface area contributed by atoms with Gasteiger partial charge in [0.2, 0.25) is 0 Å². The van der Waals surface area contributed by atoms with Crippen LogP contribution in [0.5, 0.6) is 5.75 Å². The van der Waals surface area contributed by atoms with Gasteiger partial charge in [0.05, 0.1) is 18.9 Å². The van der Waals surface area contributed by atoms with Crippen molar-refractivity contribution in [1.29, 1.82) is 0 Å². The maximum atomic E-state index is 12.0. The van der Waals surface area contributed by atoms with Crippen LogP contribution in [0.2, 0.25) is 5.02 Å². The summed E-state index contributed by atoms with van der Waals surface area (Å²) >= 11 is 7.44. The molecule has 1 heterocycles. The number of aryl methyl sites for hydroxylation is 1. The molecule has 0 aliphatic heterocycles. The van der Waals surface area contributed by atoms with E-state index in [1.807, 2.05) is 18.4 Å². The third-order valence-corrected chi connectivity index (χ3v) is 3.84. The molecule has 6 heteroatoms. The molecule has 1 amide bonds. The molecule has 0 saturated carbocycles. The lowest BCUT2D eigenvalue weighted by atomic mass is 10.2. The number of thiophene rings is 1. The third kappa shape index (κ3) is 3.37. The van der Waals surface area contributed by atoms with E-state index < -0.39 is 0 Å². The van der Waals surface area contributed by atoms with E-state index in [1.54, 1.807) is 35.8 Å². The molecule has 2 rings (SSSR count). The first-order valence-corrected chi connectivity index (χ1v) is 7.08. The Kier molecular flexibility index (Phi) is 4.76. The number of hydrogen-bond acceptors (Lipinski definition) is 4. The van der Waals surface area contributed by atoms with E-state index in [4.69, 9.17) is 16.3 Å². The zero-order valence-electron chi connectivity index (χ0n) is 11.0. The van der Waals surface area contributed by atoms with E-state index in [0.717, 1.165) is 10.4 Å². The molecule has 4 nitrogen and oxygen atoms in total. The second kappa shape index (κ2) is 6.54. The first-order valence-electron chi connectivity index (χ1n) is 5.83. The Morgan fingerprint density at radius 1 is 1.45 bits per heavy atom. The van der Waals surface area contributed by atoms with Crippen LogP contribution in [0, 0.1) is 6.92 Å². The second-order valence-corrected chi connectivity index (χ2v) is 5.40. The predicted molar refractivity (Wildman–Crippen MR) is 82.1 cm³/mol. The summed E-state index contributed by atoms with van der Waals surface area (Å²) in [6.07, 6.45) is 1.62. The molecular weight excluding hydrogens is 296 g/mol. The van der Waals surface area contributed by atoms with E-state index in [0.29, 0.717) is 16.3 Å². The van der Waals surface area contributed by atoms with Crippen LogP contribution in [0.15, 0.2) is 34.7 Å². The van der Waals surface area contributed by atoms with Crippen molar-refractivity contribution in [3.05, 3.63) is 50.7 Å². The van der Waals surface area contributed by atoms with Gasteiger partial charge < -0.3 is 4.74 Å². The van der Waals surface area contributed by atoms with Gasteiger partial charge >= 0.3 is 0 Å². The van der Waals surface area contributed by atoms with Crippen molar-refractivity contribution < 1.29 is 9.53 Å². The summed E-state index contributed by atoms with van der Waals surface area (Å²) < 4.78 is 5.12. The lowest BCUT2D eigenvalue weighted by Gasteiger charge is -2.07. The predicted octanol–water partition coefficient (Wildman–Crippen LogP) is 3.48. The molecule has 0 radical (unpaired) electrons. The number of nitrogens with one attached hydrogen (secondary N) is 1. The zero-order valence-corrected chi connectivity index (χ0v) is 12.6. The van der Waals surface area contributed by atoms with E-state index in [9.17, 15) is 4.79 Å². The van der Waals surface area contributed by atoms with Gasteiger partial charge in [-0.3, -0.25) is 4.79 Å². The maximum absolute atomic E-state index is 12.0. The van der Waals surface area contributed by atoms with Crippen molar-refractivity contribution in [3.8, 4) is 5.75 Å². The molecule has 1 aromatic heterocycles. The van der Waals surface area contributed by atoms with Crippen LogP contribution < -0.4 is 10.2 Å². The van der Waals surface area contributed by atoms with E-state index >= 15 is 0 Å². The van der Waals surface area contributed by atoms with Gasteiger partial charge in [-0.2, -0.15) is 5.10 Å². The fourth-order valence-corrected chi connectivity index (χ4v) is 2.54. The maximum Gasteiger partial charge on any atom is 0.275 e. The molecule has 0 aliphatic rings. The minimum absolute atomic E-state index is 0.347. The lowest BCUT2D eigenvalue weighted by Crippen LogP contribution is -2.18. The normalized spacial score (nSPS) is 10.8. The van der Waals surface area contributed by atoms with Crippen molar-refractivity contribution in [2.24, 2.45) is 5.10 Å². The monoisotopic (exact) mass is 308 g/mol. The molecule has 0 bridgehead atoms. The standard InChI is InChI=1S/C14H13ClN2O2S/c1-9-5-6-20-13(9)8-16-17-14(18)11-7-10(15)3-4-12(11)19-2/h3-8H,1-2H3,(H,17,18)/b16-8-. The Labute approximate surface area is 126 Å². The van der Waals surface area contributed by atoms with Gasteiger partial charge in [0.1, 0.15) is 5.75 Å². The summed E-state index contributed by atoms with van der Waals surface area (Å²) in [5, 5.41) is 6.38. The smallest absolute Gasteiger partial charge is 0.275 e. The summed E-state index contributed by atoms with van der Waals surface area (Å²) in [5.74, 6) is 0.0872. The summed E-state index contributed by atoms with van der Waals surface area (Å²) in [7, 11) is 1.50. The summed E-state index contributed by atoms with van der Waals surface area (Å²) in [6.45, 7) is 1.99. The van der Waals surface area contributed by atoms with Crippen molar-refractivity contribution in [3.63, 3.8) is 0 Å². The highest BCUT2D eigenvalue weighted by Crippen LogP contribution is 2.22. The molecular formula is C14H13ClN2O2S. The molecule has 0 spiro atoms. The number of carbonyl (C=O) groups is 1. The SMILES string of the molecule is COc1ccc(Cl)cc1C(=O)N/N=C\c1sccc1C. The zero-order chi connectivity index (χ0) is 14.5. The highest BCUT2D eigenvalue weighted by atomic mass is 35.5. The Balaban J connectivity index is 2.11. The Hall–Kier alpha value is -1.85. The molecule has 0 fully saturated rings. The fraction of sp³-hybridized carbons (Fsp3) is 0.143. The number of rotatable bonds is 4. The second-order valence-electron chi connectivity index (χ2n) is 4.01. The number of halogens is 1. The quantitative estimate of drug-likeness (QED) is 0.694. The summed E-state index contributed by atoms with van der Waals surface area (Å²) in [5.41, 5.74) is 3.93. The first-order chi connectivity index (χ1) is 9.61. The van der Waals surface area contributed by atoms with Crippen LogP contribution in [0.25, 0.3) is 0 Å². The van der Waals surface area contributed by atoms with Gasteiger partial charge in [-0.1, -0.05) is 11.6 Å². The molecule has 0 saturated heterocycles. The molecule has 0 aliphatic carbocycles. The highest BCUT2D eigenvalue weighted by molar-refractivity contribution is 7.11. The van der Waals surface area contributed by atoms with E-state index in [2.05, 4.69) is 10.5 Å². The Morgan fingerprint density at radius 3 is 2.90 bits per heavy atom. The highest BCUT2D eigenvalue weighted by Gasteiger charge is 2.12. The molecule has 104 valence electrons. The van der Waals surface area contributed by atoms with Crippen LogP contribution in [0.4, 0.5) is 0 Å².